The van der Waals surface area contributed by atoms with Crippen molar-refractivity contribution < 1.29 is 9.52 Å². The summed E-state index contributed by atoms with van der Waals surface area (Å²) in [6, 6.07) is 7.00. The highest BCUT2D eigenvalue weighted by molar-refractivity contribution is 7.15. The van der Waals surface area contributed by atoms with Gasteiger partial charge in [-0.3, -0.25) is 0 Å². The molecule has 92 valence electrons. The van der Waals surface area contributed by atoms with E-state index >= 15 is 0 Å². The molecule has 0 fully saturated rings. The highest BCUT2D eigenvalue weighted by atomic mass is 32.1. The normalized spacial score (nSPS) is 11.5. The fraction of sp³-hybridized carbons (Fsp3) is 0.214. The molecule has 0 aliphatic rings. The molecule has 18 heavy (non-hydrogen) atoms. The summed E-state index contributed by atoms with van der Waals surface area (Å²) in [6.45, 7) is 4.29. The van der Waals surface area contributed by atoms with Crippen LogP contribution in [-0.2, 0) is 0 Å². The number of rotatable bonds is 2. The number of phenolic OH excluding ortho intramolecular Hbond substituents is 1. The molecule has 0 atom stereocenters. The number of furan rings is 1. The third kappa shape index (κ3) is 1.88. The largest absolute Gasteiger partial charge is 0.508 e. The van der Waals surface area contributed by atoms with E-state index < -0.39 is 0 Å². The van der Waals surface area contributed by atoms with Crippen LogP contribution in [0.2, 0.25) is 0 Å². The number of aromatic nitrogens is 1. The van der Waals surface area contributed by atoms with Crippen LogP contribution in [0.25, 0.3) is 21.7 Å². The molecule has 4 heteroatoms. The van der Waals surface area contributed by atoms with Crippen LogP contribution in [0, 0.1) is 0 Å². The van der Waals surface area contributed by atoms with E-state index in [1.165, 1.54) is 4.88 Å². The van der Waals surface area contributed by atoms with E-state index in [0.29, 0.717) is 5.92 Å². The Bertz CT molecular complexity index is 697. The fourth-order valence-electron chi connectivity index (χ4n) is 1.80. The molecule has 0 radical (unpaired) electrons. The van der Waals surface area contributed by atoms with Gasteiger partial charge in [0.2, 0.25) is 0 Å². The first kappa shape index (κ1) is 11.3. The molecule has 0 spiro atoms. The van der Waals surface area contributed by atoms with Crippen molar-refractivity contribution in [2.24, 2.45) is 0 Å². The van der Waals surface area contributed by atoms with Gasteiger partial charge < -0.3 is 9.52 Å². The van der Waals surface area contributed by atoms with Crippen LogP contribution in [0.15, 0.2) is 34.9 Å². The minimum atomic E-state index is 0.247. The number of hydrogen-bond donors (Lipinski definition) is 1. The molecule has 0 unspecified atom stereocenters. The van der Waals surface area contributed by atoms with Crippen molar-refractivity contribution in [3.05, 3.63) is 35.3 Å². The summed E-state index contributed by atoms with van der Waals surface area (Å²) in [7, 11) is 0. The zero-order valence-electron chi connectivity index (χ0n) is 10.2. The smallest absolute Gasteiger partial charge is 0.164 e. The summed E-state index contributed by atoms with van der Waals surface area (Å²) >= 11 is 1.65. The van der Waals surface area contributed by atoms with E-state index in [0.717, 1.165) is 21.7 Å². The zero-order valence-corrected chi connectivity index (χ0v) is 11.0. The van der Waals surface area contributed by atoms with Gasteiger partial charge in [0, 0.05) is 16.5 Å². The molecular formula is C14H13NO2S. The van der Waals surface area contributed by atoms with E-state index in [2.05, 4.69) is 18.8 Å². The molecule has 0 bridgehead atoms. The molecule has 0 saturated carbocycles. The predicted octanol–water partition coefficient (Wildman–Crippen LogP) is 4.39. The first-order chi connectivity index (χ1) is 8.63. The van der Waals surface area contributed by atoms with Gasteiger partial charge in [-0.15, -0.1) is 11.3 Å². The lowest BCUT2D eigenvalue weighted by Crippen LogP contribution is -1.77. The topological polar surface area (TPSA) is 46.3 Å². The molecule has 1 aromatic carbocycles. The number of nitrogens with zero attached hydrogens (tertiary/aromatic N) is 1. The lowest BCUT2D eigenvalue weighted by molar-refractivity contribution is 0.476. The van der Waals surface area contributed by atoms with Gasteiger partial charge in [-0.2, -0.15) is 0 Å². The van der Waals surface area contributed by atoms with Crippen molar-refractivity contribution in [2.75, 3.05) is 0 Å². The van der Waals surface area contributed by atoms with E-state index in [1.54, 1.807) is 29.5 Å². The van der Waals surface area contributed by atoms with Gasteiger partial charge >= 0.3 is 0 Å². The van der Waals surface area contributed by atoms with Crippen molar-refractivity contribution in [1.29, 1.82) is 0 Å². The second-order valence-electron chi connectivity index (χ2n) is 4.56. The lowest BCUT2D eigenvalue weighted by Gasteiger charge is -1.95. The maximum Gasteiger partial charge on any atom is 0.164 e. The third-order valence-corrected chi connectivity index (χ3v) is 4.12. The van der Waals surface area contributed by atoms with Gasteiger partial charge in [-0.05, 0) is 30.2 Å². The van der Waals surface area contributed by atoms with Crippen molar-refractivity contribution in [1.82, 2.24) is 4.98 Å². The van der Waals surface area contributed by atoms with Crippen LogP contribution < -0.4 is 0 Å². The Morgan fingerprint density at radius 3 is 2.83 bits per heavy atom. The van der Waals surface area contributed by atoms with Crippen LogP contribution in [0.5, 0.6) is 5.75 Å². The average Bonchev–Trinajstić information content (AvgIpc) is 2.93. The molecule has 2 aromatic heterocycles. The van der Waals surface area contributed by atoms with E-state index in [9.17, 15) is 5.11 Å². The van der Waals surface area contributed by atoms with E-state index in [1.807, 2.05) is 12.3 Å². The first-order valence-electron chi connectivity index (χ1n) is 5.82. The summed E-state index contributed by atoms with van der Waals surface area (Å²) in [5, 5.41) is 11.2. The third-order valence-electron chi connectivity index (χ3n) is 2.80. The number of hydrogen-bond acceptors (Lipinski definition) is 4. The minimum Gasteiger partial charge on any atom is -0.508 e. The SMILES string of the molecule is CC(C)c1cnc(-c2cc3cc(O)ccc3o2)s1. The standard InChI is InChI=1S/C14H13NO2S/c1-8(2)13-7-15-14(18-13)12-6-9-5-10(16)3-4-11(9)17-12/h3-8,16H,1-2H3. The summed E-state index contributed by atoms with van der Waals surface area (Å²) < 4.78 is 5.74. The van der Waals surface area contributed by atoms with Crippen LogP contribution in [0.3, 0.4) is 0 Å². The Kier molecular flexibility index (Phi) is 2.59. The quantitative estimate of drug-likeness (QED) is 0.742. The molecule has 3 rings (SSSR count). The summed E-state index contributed by atoms with van der Waals surface area (Å²) in [4.78, 5) is 5.63. The Morgan fingerprint density at radius 1 is 1.28 bits per heavy atom. The van der Waals surface area contributed by atoms with Crippen LogP contribution in [0.1, 0.15) is 24.6 Å². The Hall–Kier alpha value is -1.81. The second kappa shape index (κ2) is 4.14. The highest BCUT2D eigenvalue weighted by Gasteiger charge is 2.12. The molecule has 2 heterocycles. The van der Waals surface area contributed by atoms with E-state index in [-0.39, 0.29) is 5.75 Å². The molecule has 3 nitrogen and oxygen atoms in total. The van der Waals surface area contributed by atoms with E-state index in [4.69, 9.17) is 4.42 Å². The van der Waals surface area contributed by atoms with Gasteiger partial charge in [-0.25, -0.2) is 4.98 Å². The van der Waals surface area contributed by atoms with Crippen molar-refractivity contribution in [3.63, 3.8) is 0 Å². The maximum absolute atomic E-state index is 9.43. The maximum atomic E-state index is 9.43. The summed E-state index contributed by atoms with van der Waals surface area (Å²) in [6.07, 6.45) is 1.90. The second-order valence-corrected chi connectivity index (χ2v) is 5.62. The monoisotopic (exact) mass is 259 g/mol. The lowest BCUT2D eigenvalue weighted by atomic mass is 10.2. The van der Waals surface area contributed by atoms with Crippen molar-refractivity contribution in [3.8, 4) is 16.5 Å². The minimum absolute atomic E-state index is 0.247. The Morgan fingerprint density at radius 2 is 2.11 bits per heavy atom. The first-order valence-corrected chi connectivity index (χ1v) is 6.64. The summed E-state index contributed by atoms with van der Waals surface area (Å²) in [5.41, 5.74) is 0.768. The molecule has 0 aliphatic carbocycles. The van der Waals surface area contributed by atoms with Crippen molar-refractivity contribution in [2.45, 2.75) is 19.8 Å². The molecular weight excluding hydrogens is 246 g/mol. The Balaban J connectivity index is 2.07. The number of aromatic hydroxyl groups is 1. The van der Waals surface area contributed by atoms with Crippen LogP contribution in [-0.4, -0.2) is 10.1 Å². The van der Waals surface area contributed by atoms with Crippen LogP contribution >= 0.6 is 11.3 Å². The molecule has 3 aromatic rings. The van der Waals surface area contributed by atoms with Gasteiger partial charge in [0.25, 0.3) is 0 Å². The molecule has 0 amide bonds. The number of phenols is 1. The highest BCUT2D eigenvalue weighted by Crippen LogP contribution is 2.33. The molecule has 1 N–H and O–H groups in total. The van der Waals surface area contributed by atoms with Gasteiger partial charge in [0.15, 0.2) is 10.8 Å². The van der Waals surface area contributed by atoms with Gasteiger partial charge in [-0.1, -0.05) is 13.8 Å². The zero-order chi connectivity index (χ0) is 12.7. The molecule has 0 aliphatic heterocycles. The van der Waals surface area contributed by atoms with Crippen LogP contribution in [0.4, 0.5) is 0 Å². The molecule has 0 saturated heterocycles. The fourth-order valence-corrected chi connectivity index (χ4v) is 2.67. The van der Waals surface area contributed by atoms with Gasteiger partial charge in [0.1, 0.15) is 11.3 Å². The number of benzene rings is 1. The predicted molar refractivity (Wildman–Crippen MR) is 73.1 cm³/mol. The van der Waals surface area contributed by atoms with Crippen molar-refractivity contribution >= 4 is 22.3 Å². The average molecular weight is 259 g/mol. The summed E-state index contributed by atoms with van der Waals surface area (Å²) in [5.74, 6) is 1.48. The Labute approximate surface area is 109 Å². The van der Waals surface area contributed by atoms with Gasteiger partial charge in [0.05, 0.1) is 0 Å². The number of fused-ring (bicyclic) bond motifs is 1. The number of thiazole rings is 1.